The Morgan fingerprint density at radius 1 is 0.882 bits per heavy atom. The van der Waals surface area contributed by atoms with E-state index >= 15 is 0 Å². The third-order valence-electron chi connectivity index (χ3n) is 2.23. The zero-order valence-corrected chi connectivity index (χ0v) is 14.2. The molecule has 0 aliphatic carbocycles. The number of halogens is 2. The van der Waals surface area contributed by atoms with Gasteiger partial charge in [0.05, 0.1) is 13.2 Å². The number of rotatable bonds is 8. The molecule has 0 fully saturated rings. The summed E-state index contributed by atoms with van der Waals surface area (Å²) in [5, 5.41) is 0. The molecule has 17 heavy (non-hydrogen) atoms. The molecule has 0 aromatic carbocycles. The van der Waals surface area contributed by atoms with Crippen molar-refractivity contribution in [3.8, 4) is 11.5 Å². The van der Waals surface area contributed by atoms with Crippen molar-refractivity contribution in [2.45, 2.75) is 39.5 Å². The highest BCUT2D eigenvalue weighted by atomic mass is 79.9. The van der Waals surface area contributed by atoms with Crippen LogP contribution in [-0.2, 0) is 0 Å². The van der Waals surface area contributed by atoms with E-state index in [1.54, 1.807) is 11.3 Å². The molecule has 2 nitrogen and oxygen atoms in total. The molecule has 1 aromatic heterocycles. The second-order valence-electron chi connectivity index (χ2n) is 3.71. The fourth-order valence-corrected chi connectivity index (χ4v) is 4.09. The van der Waals surface area contributed by atoms with Gasteiger partial charge in [0, 0.05) is 0 Å². The molecular formula is C12H18Br2O2S. The minimum absolute atomic E-state index is 0.739. The first-order chi connectivity index (χ1) is 8.20. The molecule has 5 heteroatoms. The fourth-order valence-electron chi connectivity index (χ4n) is 1.23. The maximum absolute atomic E-state index is 5.77. The van der Waals surface area contributed by atoms with Crippen molar-refractivity contribution in [3.63, 3.8) is 0 Å². The first kappa shape index (κ1) is 15.3. The number of hydrogen-bond donors (Lipinski definition) is 0. The molecule has 0 bridgehead atoms. The van der Waals surface area contributed by atoms with Gasteiger partial charge in [-0.05, 0) is 44.7 Å². The summed E-state index contributed by atoms with van der Waals surface area (Å²) in [4.78, 5) is 0. The third-order valence-corrected chi connectivity index (χ3v) is 4.65. The minimum Gasteiger partial charge on any atom is -0.488 e. The van der Waals surface area contributed by atoms with E-state index in [0.29, 0.717) is 0 Å². The summed E-state index contributed by atoms with van der Waals surface area (Å²) in [5.74, 6) is 1.68. The summed E-state index contributed by atoms with van der Waals surface area (Å²) < 4.78 is 13.5. The lowest BCUT2D eigenvalue weighted by Gasteiger charge is -2.09. The lowest BCUT2D eigenvalue weighted by Crippen LogP contribution is -2.01. The van der Waals surface area contributed by atoms with E-state index in [0.717, 1.165) is 58.0 Å². The van der Waals surface area contributed by atoms with Crippen molar-refractivity contribution in [2.24, 2.45) is 0 Å². The Bertz CT molecular complexity index is 309. The van der Waals surface area contributed by atoms with Gasteiger partial charge in [-0.1, -0.05) is 26.7 Å². The van der Waals surface area contributed by atoms with Gasteiger partial charge in [0.1, 0.15) is 7.57 Å². The van der Waals surface area contributed by atoms with Crippen LogP contribution in [0, 0.1) is 0 Å². The number of thiophene rings is 1. The van der Waals surface area contributed by atoms with Gasteiger partial charge in [0.25, 0.3) is 0 Å². The summed E-state index contributed by atoms with van der Waals surface area (Å²) in [6.07, 6.45) is 4.40. The second kappa shape index (κ2) is 8.38. The molecule has 0 amide bonds. The molecule has 0 saturated heterocycles. The summed E-state index contributed by atoms with van der Waals surface area (Å²) >= 11 is 8.62. The van der Waals surface area contributed by atoms with Crippen LogP contribution in [-0.4, -0.2) is 13.2 Å². The van der Waals surface area contributed by atoms with Crippen LogP contribution in [0.15, 0.2) is 7.57 Å². The highest BCUT2D eigenvalue weighted by Crippen LogP contribution is 2.48. The monoisotopic (exact) mass is 384 g/mol. The Labute approximate surface area is 124 Å². The average molecular weight is 386 g/mol. The molecule has 0 aliphatic heterocycles. The fraction of sp³-hybridized carbons (Fsp3) is 0.667. The molecule has 0 N–H and O–H groups in total. The van der Waals surface area contributed by atoms with E-state index in [9.17, 15) is 0 Å². The molecule has 0 saturated carbocycles. The van der Waals surface area contributed by atoms with Gasteiger partial charge in [-0.2, -0.15) is 0 Å². The zero-order chi connectivity index (χ0) is 12.7. The van der Waals surface area contributed by atoms with Gasteiger partial charge in [-0.3, -0.25) is 0 Å². The van der Waals surface area contributed by atoms with Gasteiger partial charge in [-0.15, -0.1) is 11.3 Å². The van der Waals surface area contributed by atoms with Crippen LogP contribution in [0.2, 0.25) is 0 Å². The molecule has 98 valence electrons. The predicted molar refractivity (Wildman–Crippen MR) is 80.5 cm³/mol. The van der Waals surface area contributed by atoms with Crippen molar-refractivity contribution < 1.29 is 9.47 Å². The van der Waals surface area contributed by atoms with E-state index in [2.05, 4.69) is 45.7 Å². The van der Waals surface area contributed by atoms with Crippen LogP contribution in [0.3, 0.4) is 0 Å². The zero-order valence-electron chi connectivity index (χ0n) is 10.2. The molecular weight excluding hydrogens is 368 g/mol. The molecule has 1 aromatic rings. The summed E-state index contributed by atoms with van der Waals surface area (Å²) in [5.41, 5.74) is 0. The lowest BCUT2D eigenvalue weighted by molar-refractivity contribution is 0.262. The summed E-state index contributed by atoms with van der Waals surface area (Å²) in [6.45, 7) is 5.78. The predicted octanol–water partition coefficient (Wildman–Crippen LogP) is 5.63. The highest BCUT2D eigenvalue weighted by molar-refractivity contribution is 9.12. The van der Waals surface area contributed by atoms with Crippen molar-refractivity contribution in [3.05, 3.63) is 7.57 Å². The van der Waals surface area contributed by atoms with Gasteiger partial charge in [0.15, 0.2) is 11.5 Å². The smallest absolute Gasteiger partial charge is 0.187 e. The second-order valence-corrected chi connectivity index (χ2v) is 7.37. The summed E-state index contributed by atoms with van der Waals surface area (Å²) in [6, 6.07) is 0. The Hall–Kier alpha value is 0.260. The SMILES string of the molecule is CCCCOc1c(Br)sc(Br)c1OCCCC. The standard InChI is InChI=1S/C12H18Br2O2S/c1-3-5-7-15-9-10(16-8-6-4-2)12(14)17-11(9)13/h3-8H2,1-2H3. The molecule has 0 spiro atoms. The van der Waals surface area contributed by atoms with Gasteiger partial charge < -0.3 is 9.47 Å². The Kier molecular flexibility index (Phi) is 7.55. The van der Waals surface area contributed by atoms with Crippen molar-refractivity contribution >= 4 is 43.2 Å². The third kappa shape index (κ3) is 4.79. The maximum Gasteiger partial charge on any atom is 0.187 e. The first-order valence-electron chi connectivity index (χ1n) is 5.94. The molecule has 1 heterocycles. The van der Waals surface area contributed by atoms with Crippen LogP contribution in [0.4, 0.5) is 0 Å². The normalized spacial score (nSPS) is 10.6. The van der Waals surface area contributed by atoms with Gasteiger partial charge in [-0.25, -0.2) is 0 Å². The topological polar surface area (TPSA) is 18.5 Å². The van der Waals surface area contributed by atoms with Gasteiger partial charge in [0.2, 0.25) is 0 Å². The Morgan fingerprint density at radius 3 is 1.65 bits per heavy atom. The number of hydrogen-bond acceptors (Lipinski definition) is 3. The Morgan fingerprint density at radius 2 is 1.29 bits per heavy atom. The van der Waals surface area contributed by atoms with Crippen LogP contribution in [0.5, 0.6) is 11.5 Å². The molecule has 0 aliphatic rings. The highest BCUT2D eigenvalue weighted by Gasteiger charge is 2.18. The minimum atomic E-state index is 0.739. The quantitative estimate of drug-likeness (QED) is 0.539. The lowest BCUT2D eigenvalue weighted by atomic mass is 10.3. The van der Waals surface area contributed by atoms with Gasteiger partial charge >= 0.3 is 0 Å². The number of unbranched alkanes of at least 4 members (excludes halogenated alkanes) is 2. The van der Waals surface area contributed by atoms with Crippen molar-refractivity contribution in [1.82, 2.24) is 0 Å². The van der Waals surface area contributed by atoms with Crippen LogP contribution >= 0.6 is 43.2 Å². The summed E-state index contributed by atoms with van der Waals surface area (Å²) in [7, 11) is 0. The van der Waals surface area contributed by atoms with Crippen LogP contribution in [0.25, 0.3) is 0 Å². The average Bonchev–Trinajstić information content (AvgIpc) is 2.56. The Balaban J connectivity index is 2.65. The molecule has 0 unspecified atom stereocenters. The van der Waals surface area contributed by atoms with Crippen molar-refractivity contribution in [2.75, 3.05) is 13.2 Å². The van der Waals surface area contributed by atoms with Crippen LogP contribution < -0.4 is 9.47 Å². The van der Waals surface area contributed by atoms with Crippen LogP contribution in [0.1, 0.15) is 39.5 Å². The molecule has 0 atom stereocenters. The number of ether oxygens (including phenoxy) is 2. The van der Waals surface area contributed by atoms with E-state index in [1.165, 1.54) is 0 Å². The first-order valence-corrected chi connectivity index (χ1v) is 8.34. The maximum atomic E-state index is 5.77. The largest absolute Gasteiger partial charge is 0.488 e. The molecule has 0 radical (unpaired) electrons. The van der Waals surface area contributed by atoms with E-state index < -0.39 is 0 Å². The van der Waals surface area contributed by atoms with E-state index in [4.69, 9.17) is 9.47 Å². The van der Waals surface area contributed by atoms with E-state index in [-0.39, 0.29) is 0 Å². The molecule has 1 rings (SSSR count). The van der Waals surface area contributed by atoms with Crippen molar-refractivity contribution in [1.29, 1.82) is 0 Å². The van der Waals surface area contributed by atoms with E-state index in [1.807, 2.05) is 0 Å².